The van der Waals surface area contributed by atoms with Crippen LogP contribution in [0.5, 0.6) is 0 Å². The van der Waals surface area contributed by atoms with Crippen molar-refractivity contribution in [2.24, 2.45) is 11.7 Å². The molecule has 0 aromatic heterocycles. The SMILES string of the molecule is NCC1(Nc2cc(F)cc(Cl)c2)CCCC(C(F)(F)F)C1. The molecule has 1 aromatic rings. The van der Waals surface area contributed by atoms with Crippen LogP contribution in [0.3, 0.4) is 0 Å². The van der Waals surface area contributed by atoms with Gasteiger partial charge in [-0.3, -0.25) is 0 Å². The van der Waals surface area contributed by atoms with Crippen LogP contribution in [-0.4, -0.2) is 18.3 Å². The first-order valence-electron chi connectivity index (χ1n) is 6.75. The first-order chi connectivity index (χ1) is 9.74. The third-order valence-electron chi connectivity index (χ3n) is 3.97. The van der Waals surface area contributed by atoms with E-state index in [1.807, 2.05) is 0 Å². The van der Waals surface area contributed by atoms with Gasteiger partial charge in [0.15, 0.2) is 0 Å². The maximum absolute atomic E-state index is 13.3. The molecule has 118 valence electrons. The van der Waals surface area contributed by atoms with Gasteiger partial charge in [-0.15, -0.1) is 0 Å². The second kappa shape index (κ2) is 6.01. The van der Waals surface area contributed by atoms with E-state index in [-0.39, 0.29) is 24.4 Å². The second-order valence-electron chi connectivity index (χ2n) is 5.60. The molecule has 0 aliphatic heterocycles. The summed E-state index contributed by atoms with van der Waals surface area (Å²) in [6.07, 6.45) is -3.29. The maximum atomic E-state index is 13.3. The summed E-state index contributed by atoms with van der Waals surface area (Å²) in [5.74, 6) is -1.92. The molecule has 2 rings (SSSR count). The van der Waals surface area contributed by atoms with Crippen LogP contribution in [0.15, 0.2) is 18.2 Å². The van der Waals surface area contributed by atoms with Gasteiger partial charge in [0.2, 0.25) is 0 Å². The van der Waals surface area contributed by atoms with E-state index in [2.05, 4.69) is 5.32 Å². The Labute approximate surface area is 125 Å². The molecule has 1 aromatic carbocycles. The van der Waals surface area contributed by atoms with Gasteiger partial charge in [-0.05, 0) is 37.5 Å². The molecule has 0 bridgehead atoms. The molecule has 2 nitrogen and oxygen atoms in total. The maximum Gasteiger partial charge on any atom is 0.391 e. The molecule has 1 aliphatic rings. The Bertz CT molecular complexity index is 486. The van der Waals surface area contributed by atoms with Crippen molar-refractivity contribution in [1.29, 1.82) is 0 Å². The zero-order chi connectivity index (χ0) is 15.7. The second-order valence-corrected chi connectivity index (χ2v) is 6.04. The summed E-state index contributed by atoms with van der Waals surface area (Å²) in [5, 5.41) is 3.17. The summed E-state index contributed by atoms with van der Waals surface area (Å²) in [7, 11) is 0. The molecular formula is C14H17ClF4N2. The Kier molecular flexibility index (Phi) is 4.68. The normalized spacial score (nSPS) is 26.7. The number of nitrogens with one attached hydrogen (secondary N) is 1. The van der Waals surface area contributed by atoms with Gasteiger partial charge in [-0.2, -0.15) is 13.2 Å². The van der Waals surface area contributed by atoms with Crippen molar-refractivity contribution in [3.8, 4) is 0 Å². The van der Waals surface area contributed by atoms with E-state index in [1.165, 1.54) is 12.1 Å². The summed E-state index contributed by atoms with van der Waals surface area (Å²) < 4.78 is 52.2. The third kappa shape index (κ3) is 4.01. The van der Waals surface area contributed by atoms with Gasteiger partial charge in [0.25, 0.3) is 0 Å². The lowest BCUT2D eigenvalue weighted by atomic mass is 9.75. The summed E-state index contributed by atoms with van der Waals surface area (Å²) in [6.45, 7) is 0.0493. The predicted octanol–water partition coefficient (Wildman–Crippen LogP) is 4.34. The number of rotatable bonds is 3. The summed E-state index contributed by atoms with van der Waals surface area (Å²) in [6, 6.07) is 3.83. The predicted molar refractivity (Wildman–Crippen MR) is 74.8 cm³/mol. The van der Waals surface area contributed by atoms with E-state index >= 15 is 0 Å². The Morgan fingerprint density at radius 3 is 2.62 bits per heavy atom. The fraction of sp³-hybridized carbons (Fsp3) is 0.571. The van der Waals surface area contributed by atoms with Crippen LogP contribution in [0.4, 0.5) is 23.2 Å². The molecule has 21 heavy (non-hydrogen) atoms. The number of hydrogen-bond donors (Lipinski definition) is 2. The molecule has 7 heteroatoms. The van der Waals surface area contributed by atoms with Crippen molar-refractivity contribution in [1.82, 2.24) is 0 Å². The van der Waals surface area contributed by atoms with Crippen molar-refractivity contribution in [3.05, 3.63) is 29.0 Å². The molecule has 3 N–H and O–H groups in total. The minimum Gasteiger partial charge on any atom is -0.378 e. The number of nitrogens with two attached hydrogens (primary N) is 1. The highest BCUT2D eigenvalue weighted by Crippen LogP contribution is 2.42. The van der Waals surface area contributed by atoms with Gasteiger partial charge in [-0.25, -0.2) is 4.39 Å². The third-order valence-corrected chi connectivity index (χ3v) is 4.19. The number of alkyl halides is 3. The number of anilines is 1. The van der Waals surface area contributed by atoms with Crippen molar-refractivity contribution in [3.63, 3.8) is 0 Å². The lowest BCUT2D eigenvalue weighted by molar-refractivity contribution is -0.185. The quantitative estimate of drug-likeness (QED) is 0.812. The van der Waals surface area contributed by atoms with E-state index in [9.17, 15) is 17.6 Å². The van der Waals surface area contributed by atoms with E-state index in [4.69, 9.17) is 17.3 Å². The lowest BCUT2D eigenvalue weighted by Gasteiger charge is -2.42. The van der Waals surface area contributed by atoms with Crippen molar-refractivity contribution >= 4 is 17.3 Å². The largest absolute Gasteiger partial charge is 0.391 e. The summed E-state index contributed by atoms with van der Waals surface area (Å²) in [5.41, 5.74) is 5.19. The average molecular weight is 325 g/mol. The molecule has 1 aliphatic carbocycles. The monoisotopic (exact) mass is 324 g/mol. The highest BCUT2D eigenvalue weighted by atomic mass is 35.5. The summed E-state index contributed by atoms with van der Waals surface area (Å²) >= 11 is 5.77. The Balaban J connectivity index is 2.21. The molecule has 0 spiro atoms. The zero-order valence-corrected chi connectivity index (χ0v) is 12.1. The fourth-order valence-corrected chi connectivity index (χ4v) is 3.15. The highest BCUT2D eigenvalue weighted by Gasteiger charge is 2.47. The Morgan fingerprint density at radius 2 is 2.05 bits per heavy atom. The van der Waals surface area contributed by atoms with Gasteiger partial charge < -0.3 is 11.1 Å². The van der Waals surface area contributed by atoms with Gasteiger partial charge in [0.1, 0.15) is 5.82 Å². The topological polar surface area (TPSA) is 38.0 Å². The van der Waals surface area contributed by atoms with E-state index in [1.54, 1.807) is 0 Å². The van der Waals surface area contributed by atoms with Gasteiger partial charge >= 0.3 is 6.18 Å². The number of hydrogen-bond acceptors (Lipinski definition) is 2. The summed E-state index contributed by atoms with van der Waals surface area (Å²) in [4.78, 5) is 0. The Morgan fingerprint density at radius 1 is 1.33 bits per heavy atom. The smallest absolute Gasteiger partial charge is 0.378 e. The molecule has 1 fully saturated rings. The minimum absolute atomic E-state index is 0.0493. The molecule has 0 heterocycles. The van der Waals surface area contributed by atoms with Gasteiger partial charge in [-0.1, -0.05) is 18.0 Å². The van der Waals surface area contributed by atoms with Crippen LogP contribution in [0.1, 0.15) is 25.7 Å². The first-order valence-corrected chi connectivity index (χ1v) is 7.13. The highest BCUT2D eigenvalue weighted by molar-refractivity contribution is 6.30. The van der Waals surface area contributed by atoms with E-state index in [0.29, 0.717) is 18.5 Å². The van der Waals surface area contributed by atoms with Gasteiger partial charge in [0, 0.05) is 17.3 Å². The number of halogens is 5. The minimum atomic E-state index is -4.23. The van der Waals surface area contributed by atoms with Crippen LogP contribution in [0.25, 0.3) is 0 Å². The standard InChI is InChI=1S/C14H17ClF4N2/c15-10-4-11(16)6-12(5-10)21-13(8-20)3-1-2-9(7-13)14(17,18)19/h4-6,9,21H,1-3,7-8,20H2. The fourth-order valence-electron chi connectivity index (χ4n) is 2.92. The van der Waals surface area contributed by atoms with Crippen molar-refractivity contribution < 1.29 is 17.6 Å². The van der Waals surface area contributed by atoms with Crippen LogP contribution in [-0.2, 0) is 0 Å². The van der Waals surface area contributed by atoms with Gasteiger partial charge in [0.05, 0.1) is 11.5 Å². The van der Waals surface area contributed by atoms with E-state index in [0.717, 1.165) is 6.07 Å². The van der Waals surface area contributed by atoms with Crippen LogP contribution < -0.4 is 11.1 Å². The molecular weight excluding hydrogens is 308 g/mol. The number of benzene rings is 1. The Hall–Kier alpha value is -1.01. The average Bonchev–Trinajstić information content (AvgIpc) is 2.36. The lowest BCUT2D eigenvalue weighted by Crippen LogP contribution is -2.51. The van der Waals surface area contributed by atoms with E-state index < -0.39 is 23.5 Å². The zero-order valence-electron chi connectivity index (χ0n) is 11.3. The first kappa shape index (κ1) is 16.4. The van der Waals surface area contributed by atoms with Crippen molar-refractivity contribution in [2.75, 3.05) is 11.9 Å². The van der Waals surface area contributed by atoms with Crippen molar-refractivity contribution in [2.45, 2.75) is 37.4 Å². The molecule has 0 amide bonds. The molecule has 2 unspecified atom stereocenters. The molecule has 2 atom stereocenters. The van der Waals surface area contributed by atoms with Crippen LogP contribution in [0.2, 0.25) is 5.02 Å². The molecule has 0 radical (unpaired) electrons. The molecule has 0 saturated heterocycles. The van der Waals surface area contributed by atoms with Crippen LogP contribution in [0, 0.1) is 11.7 Å². The molecule has 1 saturated carbocycles. The van der Waals surface area contributed by atoms with Crippen LogP contribution >= 0.6 is 11.6 Å².